The summed E-state index contributed by atoms with van der Waals surface area (Å²) in [6.07, 6.45) is 1.68. The van der Waals surface area contributed by atoms with E-state index in [-0.39, 0.29) is 25.0 Å². The Balaban J connectivity index is 2.02. The molecule has 1 fully saturated rings. The van der Waals surface area contributed by atoms with E-state index < -0.39 is 11.8 Å². The highest BCUT2D eigenvalue weighted by atomic mass is 19.1. The third kappa shape index (κ3) is 3.94. The third-order valence-corrected chi connectivity index (χ3v) is 3.11. The molecule has 20 heavy (non-hydrogen) atoms. The minimum absolute atomic E-state index is 0.0912. The van der Waals surface area contributed by atoms with Gasteiger partial charge >= 0.3 is 12.0 Å². The Labute approximate surface area is 116 Å². The summed E-state index contributed by atoms with van der Waals surface area (Å²) in [5.74, 6) is -1.35. The highest BCUT2D eigenvalue weighted by Crippen LogP contribution is 2.27. The van der Waals surface area contributed by atoms with E-state index in [0.29, 0.717) is 11.3 Å². The minimum Gasteiger partial charge on any atom is -0.481 e. The highest BCUT2D eigenvalue weighted by Gasteiger charge is 2.32. The quantitative estimate of drug-likeness (QED) is 0.871. The first-order valence-corrected chi connectivity index (χ1v) is 6.52. The number of halogens is 1. The highest BCUT2D eigenvalue weighted by molar-refractivity contribution is 5.90. The van der Waals surface area contributed by atoms with Crippen molar-refractivity contribution in [2.24, 2.45) is 0 Å². The standard InChI is InChI=1S/C14H17FN2O3/c1-9-6-10(15)8-11(7-9)16-14(20)17(12-2-3-12)5-4-13(18)19/h6-8,12H,2-5H2,1H3,(H,16,20)(H,18,19). The van der Waals surface area contributed by atoms with Crippen LogP contribution in [0.25, 0.3) is 0 Å². The zero-order valence-electron chi connectivity index (χ0n) is 11.2. The van der Waals surface area contributed by atoms with Crippen LogP contribution in [0, 0.1) is 12.7 Å². The second-order valence-corrected chi connectivity index (χ2v) is 5.02. The summed E-state index contributed by atoms with van der Waals surface area (Å²) in [6, 6.07) is 4.01. The zero-order chi connectivity index (χ0) is 14.7. The molecule has 2 amide bonds. The number of carboxylic acids is 1. The maximum Gasteiger partial charge on any atom is 0.322 e. The average molecular weight is 280 g/mol. The van der Waals surface area contributed by atoms with Crippen LogP contribution in [0.4, 0.5) is 14.9 Å². The number of carbonyl (C=O) groups excluding carboxylic acids is 1. The molecular formula is C14H17FN2O3. The number of nitrogens with zero attached hydrogens (tertiary/aromatic N) is 1. The van der Waals surface area contributed by atoms with E-state index in [2.05, 4.69) is 5.32 Å². The van der Waals surface area contributed by atoms with Gasteiger partial charge in [0, 0.05) is 18.3 Å². The summed E-state index contributed by atoms with van der Waals surface area (Å²) >= 11 is 0. The molecule has 0 atom stereocenters. The fraction of sp³-hybridized carbons (Fsp3) is 0.429. The fourth-order valence-electron chi connectivity index (χ4n) is 2.06. The number of carbonyl (C=O) groups is 2. The lowest BCUT2D eigenvalue weighted by atomic mass is 10.2. The molecule has 1 aliphatic carbocycles. The van der Waals surface area contributed by atoms with Crippen LogP contribution in [-0.4, -0.2) is 34.6 Å². The minimum atomic E-state index is -0.940. The summed E-state index contributed by atoms with van der Waals surface area (Å²) in [4.78, 5) is 24.2. The number of aryl methyl sites for hydroxylation is 1. The molecule has 1 aromatic carbocycles. The van der Waals surface area contributed by atoms with E-state index in [4.69, 9.17) is 5.11 Å². The third-order valence-electron chi connectivity index (χ3n) is 3.11. The van der Waals surface area contributed by atoms with Gasteiger partial charge in [0.05, 0.1) is 6.42 Å². The molecule has 2 rings (SSSR count). The summed E-state index contributed by atoms with van der Waals surface area (Å²) in [5, 5.41) is 11.3. The van der Waals surface area contributed by atoms with Gasteiger partial charge < -0.3 is 15.3 Å². The molecule has 1 saturated carbocycles. The Bertz CT molecular complexity index is 509. The van der Waals surface area contributed by atoms with Crippen LogP contribution in [0.1, 0.15) is 24.8 Å². The zero-order valence-corrected chi connectivity index (χ0v) is 11.2. The summed E-state index contributed by atoms with van der Waals surface area (Å²) in [5.41, 5.74) is 1.09. The second-order valence-electron chi connectivity index (χ2n) is 5.02. The van der Waals surface area contributed by atoms with E-state index in [0.717, 1.165) is 12.8 Å². The molecule has 5 nitrogen and oxygen atoms in total. The van der Waals surface area contributed by atoms with Crippen molar-refractivity contribution in [3.63, 3.8) is 0 Å². The average Bonchev–Trinajstić information content (AvgIpc) is 3.11. The molecule has 0 aromatic heterocycles. The molecule has 108 valence electrons. The van der Waals surface area contributed by atoms with Gasteiger partial charge in [-0.15, -0.1) is 0 Å². The fourth-order valence-corrected chi connectivity index (χ4v) is 2.06. The predicted molar refractivity (Wildman–Crippen MR) is 72.1 cm³/mol. The van der Waals surface area contributed by atoms with E-state index in [9.17, 15) is 14.0 Å². The molecule has 0 bridgehead atoms. The van der Waals surface area contributed by atoms with Crippen molar-refractivity contribution in [3.8, 4) is 0 Å². The molecule has 0 aliphatic heterocycles. The number of aliphatic carboxylic acids is 1. The topological polar surface area (TPSA) is 69.6 Å². The Hall–Kier alpha value is -2.11. The van der Waals surface area contributed by atoms with Gasteiger partial charge in [0.25, 0.3) is 0 Å². The summed E-state index contributed by atoms with van der Waals surface area (Å²) < 4.78 is 13.3. The van der Waals surface area contributed by atoms with Gasteiger partial charge in [-0.1, -0.05) is 0 Å². The smallest absolute Gasteiger partial charge is 0.322 e. The van der Waals surface area contributed by atoms with Crippen molar-refractivity contribution in [1.82, 2.24) is 4.90 Å². The van der Waals surface area contributed by atoms with Crippen molar-refractivity contribution < 1.29 is 19.1 Å². The number of amides is 2. The van der Waals surface area contributed by atoms with E-state index in [1.165, 1.54) is 17.0 Å². The number of nitrogens with one attached hydrogen (secondary N) is 1. The molecule has 0 spiro atoms. The van der Waals surface area contributed by atoms with Crippen LogP contribution in [0.2, 0.25) is 0 Å². The SMILES string of the molecule is Cc1cc(F)cc(NC(=O)N(CCC(=O)O)C2CC2)c1. The summed E-state index contributed by atoms with van der Waals surface area (Å²) in [7, 11) is 0. The van der Waals surface area contributed by atoms with Crippen LogP contribution in [-0.2, 0) is 4.79 Å². The normalized spacial score (nSPS) is 13.9. The lowest BCUT2D eigenvalue weighted by molar-refractivity contribution is -0.137. The Morgan fingerprint density at radius 1 is 1.40 bits per heavy atom. The van der Waals surface area contributed by atoms with Crippen molar-refractivity contribution in [1.29, 1.82) is 0 Å². The molecule has 0 unspecified atom stereocenters. The van der Waals surface area contributed by atoms with E-state index in [1.807, 2.05) is 0 Å². The Morgan fingerprint density at radius 3 is 2.65 bits per heavy atom. The van der Waals surface area contributed by atoms with Crippen LogP contribution in [0.5, 0.6) is 0 Å². The van der Waals surface area contributed by atoms with Crippen molar-refractivity contribution >= 4 is 17.7 Å². The van der Waals surface area contributed by atoms with Gasteiger partial charge in [0.15, 0.2) is 0 Å². The molecule has 1 aromatic rings. The number of benzene rings is 1. The number of hydrogen-bond donors (Lipinski definition) is 2. The molecule has 2 N–H and O–H groups in total. The number of hydrogen-bond acceptors (Lipinski definition) is 2. The predicted octanol–water partition coefficient (Wildman–Crippen LogP) is 2.61. The number of rotatable bonds is 5. The van der Waals surface area contributed by atoms with Crippen molar-refractivity contribution in [2.45, 2.75) is 32.2 Å². The summed E-state index contributed by atoms with van der Waals surface area (Å²) in [6.45, 7) is 1.90. The van der Waals surface area contributed by atoms with Gasteiger partial charge in [0.1, 0.15) is 5.82 Å². The number of urea groups is 1. The monoisotopic (exact) mass is 280 g/mol. The Morgan fingerprint density at radius 2 is 2.10 bits per heavy atom. The van der Waals surface area contributed by atoms with Gasteiger partial charge in [-0.25, -0.2) is 9.18 Å². The second kappa shape index (κ2) is 5.90. The lowest BCUT2D eigenvalue weighted by Gasteiger charge is -2.22. The Kier molecular flexibility index (Phi) is 4.22. The van der Waals surface area contributed by atoms with Crippen molar-refractivity contribution in [3.05, 3.63) is 29.6 Å². The molecule has 0 radical (unpaired) electrons. The number of carboxylic acid groups (broad SMARTS) is 1. The van der Waals surface area contributed by atoms with Gasteiger partial charge in [-0.2, -0.15) is 0 Å². The van der Waals surface area contributed by atoms with Crippen molar-refractivity contribution in [2.75, 3.05) is 11.9 Å². The first kappa shape index (κ1) is 14.3. The van der Waals surface area contributed by atoms with E-state index in [1.54, 1.807) is 13.0 Å². The molecule has 6 heteroatoms. The van der Waals surface area contributed by atoms with Crippen LogP contribution in [0.15, 0.2) is 18.2 Å². The van der Waals surface area contributed by atoms with Gasteiger partial charge in [-0.05, 0) is 43.5 Å². The maximum absolute atomic E-state index is 13.3. The lowest BCUT2D eigenvalue weighted by Crippen LogP contribution is -2.38. The number of anilines is 1. The van der Waals surface area contributed by atoms with Crippen LogP contribution < -0.4 is 5.32 Å². The largest absolute Gasteiger partial charge is 0.481 e. The first-order chi connectivity index (χ1) is 9.45. The van der Waals surface area contributed by atoms with Crippen LogP contribution in [0.3, 0.4) is 0 Å². The maximum atomic E-state index is 13.3. The molecule has 0 saturated heterocycles. The molecular weight excluding hydrogens is 263 g/mol. The molecule has 0 heterocycles. The van der Waals surface area contributed by atoms with Gasteiger partial charge in [0.2, 0.25) is 0 Å². The van der Waals surface area contributed by atoms with Crippen LogP contribution >= 0.6 is 0 Å². The van der Waals surface area contributed by atoms with Gasteiger partial charge in [-0.3, -0.25) is 4.79 Å². The molecule has 1 aliphatic rings. The van der Waals surface area contributed by atoms with E-state index >= 15 is 0 Å². The first-order valence-electron chi connectivity index (χ1n) is 6.52.